The molecule has 0 amide bonds. The quantitative estimate of drug-likeness (QED) is 0.612. The third-order valence-corrected chi connectivity index (χ3v) is 3.97. The Morgan fingerprint density at radius 3 is 2.62 bits per heavy atom. The minimum absolute atomic E-state index is 0.128. The molecule has 2 unspecified atom stereocenters. The number of thioether (sulfide) groups is 1. The summed E-state index contributed by atoms with van der Waals surface area (Å²) in [6.07, 6.45) is 9.07. The van der Waals surface area contributed by atoms with E-state index < -0.39 is 5.97 Å². The van der Waals surface area contributed by atoms with Gasteiger partial charge in [0.05, 0.1) is 5.92 Å². The molecule has 1 fully saturated rings. The molecule has 0 aromatic rings. The van der Waals surface area contributed by atoms with Crippen molar-refractivity contribution in [2.75, 3.05) is 18.6 Å². The minimum Gasteiger partial charge on any atom is -0.481 e. The van der Waals surface area contributed by atoms with Crippen molar-refractivity contribution in [2.45, 2.75) is 44.6 Å². The normalized spacial score (nSPS) is 24.1. The van der Waals surface area contributed by atoms with E-state index in [0.717, 1.165) is 19.4 Å². The largest absolute Gasteiger partial charge is 0.481 e. The molecule has 1 aliphatic carbocycles. The van der Waals surface area contributed by atoms with Gasteiger partial charge in [-0.2, -0.15) is 11.8 Å². The summed E-state index contributed by atoms with van der Waals surface area (Å²) in [5.41, 5.74) is 0. The van der Waals surface area contributed by atoms with E-state index in [1.807, 2.05) is 11.8 Å². The average molecular weight is 245 g/mol. The monoisotopic (exact) mass is 245 g/mol. The Bertz CT molecular complexity index is 211. The molecule has 94 valence electrons. The van der Waals surface area contributed by atoms with Crippen molar-refractivity contribution in [2.24, 2.45) is 5.92 Å². The molecule has 0 spiro atoms. The highest BCUT2D eigenvalue weighted by atomic mass is 32.2. The molecule has 0 radical (unpaired) electrons. The van der Waals surface area contributed by atoms with Crippen molar-refractivity contribution in [1.82, 2.24) is 5.32 Å². The number of hydrogen-bond donors (Lipinski definition) is 2. The Labute approximate surface area is 102 Å². The van der Waals surface area contributed by atoms with E-state index >= 15 is 0 Å². The molecule has 0 heterocycles. The molecular formula is C12H23NO2S. The Morgan fingerprint density at radius 1 is 1.31 bits per heavy atom. The van der Waals surface area contributed by atoms with Gasteiger partial charge in [0.1, 0.15) is 0 Å². The predicted molar refractivity (Wildman–Crippen MR) is 69.0 cm³/mol. The third kappa shape index (κ3) is 4.74. The van der Waals surface area contributed by atoms with Crippen molar-refractivity contribution >= 4 is 17.7 Å². The van der Waals surface area contributed by atoms with Crippen molar-refractivity contribution in [1.29, 1.82) is 0 Å². The lowest BCUT2D eigenvalue weighted by Gasteiger charge is -2.34. The topological polar surface area (TPSA) is 49.3 Å². The molecule has 1 saturated carbocycles. The Morgan fingerprint density at radius 2 is 2.06 bits per heavy atom. The summed E-state index contributed by atoms with van der Waals surface area (Å²) in [7, 11) is 0. The molecule has 0 aromatic carbocycles. The van der Waals surface area contributed by atoms with Crippen LogP contribution in [0.15, 0.2) is 0 Å². The van der Waals surface area contributed by atoms with Crippen LogP contribution >= 0.6 is 11.8 Å². The predicted octanol–water partition coefficient (Wildman–Crippen LogP) is 2.36. The molecule has 2 N–H and O–H groups in total. The first-order valence-corrected chi connectivity index (χ1v) is 7.60. The van der Waals surface area contributed by atoms with Crippen LogP contribution in [-0.2, 0) is 4.79 Å². The van der Waals surface area contributed by atoms with Gasteiger partial charge in [0, 0.05) is 6.04 Å². The lowest BCUT2D eigenvalue weighted by Crippen LogP contribution is -2.47. The van der Waals surface area contributed by atoms with Gasteiger partial charge in [0.25, 0.3) is 0 Å². The first-order valence-electron chi connectivity index (χ1n) is 6.21. The fraction of sp³-hybridized carbons (Fsp3) is 0.917. The summed E-state index contributed by atoms with van der Waals surface area (Å²) >= 11 is 1.91. The van der Waals surface area contributed by atoms with Crippen molar-refractivity contribution in [3.8, 4) is 0 Å². The van der Waals surface area contributed by atoms with Gasteiger partial charge in [-0.25, -0.2) is 0 Å². The van der Waals surface area contributed by atoms with Gasteiger partial charge < -0.3 is 10.4 Å². The molecule has 0 saturated heterocycles. The number of carboxylic acid groups (broad SMARTS) is 1. The minimum atomic E-state index is -0.635. The standard InChI is InChI=1S/C12H23NO2S/c1-16-9-5-3-2-4-8-13-11-7-6-10(11)12(14)15/h10-11,13H,2-9H2,1H3,(H,14,15). The fourth-order valence-corrected chi connectivity index (χ4v) is 2.55. The lowest BCUT2D eigenvalue weighted by atomic mass is 9.79. The van der Waals surface area contributed by atoms with Gasteiger partial charge in [0.2, 0.25) is 0 Å². The second kappa shape index (κ2) is 7.96. The van der Waals surface area contributed by atoms with Gasteiger partial charge in [-0.15, -0.1) is 0 Å². The zero-order valence-corrected chi connectivity index (χ0v) is 10.9. The maximum Gasteiger partial charge on any atom is 0.308 e. The summed E-state index contributed by atoms with van der Waals surface area (Å²) in [6, 6.07) is 0.240. The zero-order valence-electron chi connectivity index (χ0n) is 10.1. The Kier molecular flexibility index (Phi) is 6.88. The molecule has 0 bridgehead atoms. The number of carboxylic acids is 1. The van der Waals surface area contributed by atoms with Gasteiger partial charge in [-0.05, 0) is 44.2 Å². The van der Waals surface area contributed by atoms with Crippen molar-refractivity contribution < 1.29 is 9.90 Å². The number of unbranched alkanes of at least 4 members (excludes halogenated alkanes) is 3. The maximum atomic E-state index is 10.8. The lowest BCUT2D eigenvalue weighted by molar-refractivity contribution is -0.146. The van der Waals surface area contributed by atoms with Gasteiger partial charge in [0.15, 0.2) is 0 Å². The first-order chi connectivity index (χ1) is 7.75. The second-order valence-electron chi connectivity index (χ2n) is 4.49. The summed E-state index contributed by atoms with van der Waals surface area (Å²) in [5.74, 6) is 0.497. The molecule has 1 aliphatic rings. The van der Waals surface area contributed by atoms with Crippen LogP contribution in [-0.4, -0.2) is 35.7 Å². The Hall–Kier alpha value is -0.220. The average Bonchev–Trinajstić information content (AvgIpc) is 2.19. The SMILES string of the molecule is CSCCCCCCNC1CCC1C(=O)O. The van der Waals surface area contributed by atoms with E-state index in [1.165, 1.54) is 31.4 Å². The highest BCUT2D eigenvalue weighted by Gasteiger charge is 2.35. The van der Waals surface area contributed by atoms with E-state index in [4.69, 9.17) is 5.11 Å². The van der Waals surface area contributed by atoms with E-state index in [2.05, 4.69) is 11.6 Å². The van der Waals surface area contributed by atoms with Crippen LogP contribution in [0.2, 0.25) is 0 Å². The van der Waals surface area contributed by atoms with Crippen LogP contribution in [0, 0.1) is 5.92 Å². The van der Waals surface area contributed by atoms with Crippen LogP contribution in [0.4, 0.5) is 0 Å². The molecular weight excluding hydrogens is 222 g/mol. The number of aliphatic carboxylic acids is 1. The zero-order chi connectivity index (χ0) is 11.8. The summed E-state index contributed by atoms with van der Waals surface area (Å²) in [5, 5.41) is 12.2. The fourth-order valence-electron chi connectivity index (χ4n) is 2.05. The molecule has 1 rings (SSSR count). The Balaban J connectivity index is 1.90. The summed E-state index contributed by atoms with van der Waals surface area (Å²) in [4.78, 5) is 10.8. The first kappa shape index (κ1) is 13.8. The van der Waals surface area contributed by atoms with Crippen LogP contribution in [0.3, 0.4) is 0 Å². The smallest absolute Gasteiger partial charge is 0.308 e. The number of nitrogens with one attached hydrogen (secondary N) is 1. The molecule has 16 heavy (non-hydrogen) atoms. The number of rotatable bonds is 9. The summed E-state index contributed by atoms with van der Waals surface area (Å²) < 4.78 is 0. The van der Waals surface area contributed by atoms with Crippen molar-refractivity contribution in [3.63, 3.8) is 0 Å². The molecule has 4 heteroatoms. The van der Waals surface area contributed by atoms with Crippen molar-refractivity contribution in [3.05, 3.63) is 0 Å². The van der Waals surface area contributed by atoms with E-state index in [1.54, 1.807) is 0 Å². The van der Waals surface area contributed by atoms with Crippen LogP contribution in [0.25, 0.3) is 0 Å². The highest BCUT2D eigenvalue weighted by molar-refractivity contribution is 7.98. The van der Waals surface area contributed by atoms with Crippen LogP contribution in [0.1, 0.15) is 38.5 Å². The van der Waals surface area contributed by atoms with E-state index in [-0.39, 0.29) is 12.0 Å². The molecule has 2 atom stereocenters. The molecule has 0 aliphatic heterocycles. The summed E-state index contributed by atoms with van der Waals surface area (Å²) in [6.45, 7) is 0.980. The maximum absolute atomic E-state index is 10.8. The highest BCUT2D eigenvalue weighted by Crippen LogP contribution is 2.27. The number of hydrogen-bond acceptors (Lipinski definition) is 3. The van der Waals surface area contributed by atoms with Crippen LogP contribution in [0.5, 0.6) is 0 Å². The molecule has 3 nitrogen and oxygen atoms in total. The van der Waals surface area contributed by atoms with Gasteiger partial charge >= 0.3 is 5.97 Å². The third-order valence-electron chi connectivity index (χ3n) is 3.27. The van der Waals surface area contributed by atoms with E-state index in [9.17, 15) is 4.79 Å². The van der Waals surface area contributed by atoms with Crippen LogP contribution < -0.4 is 5.32 Å². The van der Waals surface area contributed by atoms with E-state index in [0.29, 0.717) is 0 Å². The second-order valence-corrected chi connectivity index (χ2v) is 5.48. The van der Waals surface area contributed by atoms with Gasteiger partial charge in [-0.3, -0.25) is 4.79 Å². The van der Waals surface area contributed by atoms with Gasteiger partial charge in [-0.1, -0.05) is 12.8 Å². The number of carbonyl (C=O) groups is 1. The molecule has 0 aromatic heterocycles.